The molecule has 2 saturated heterocycles. The minimum absolute atomic E-state index is 0. The molecule has 1 N–H and O–H groups in total. The van der Waals surface area contributed by atoms with E-state index in [2.05, 4.69) is 25.2 Å². The molecule has 3 atom stereocenters. The number of piperidine rings is 1. The molecular formula is C20H30ClNO3. The Bertz CT molecular complexity index is 601. The molecule has 0 unspecified atom stereocenters. The molecule has 4 rings (SSSR count). The maximum atomic E-state index is 6.73. The third kappa shape index (κ3) is 3.36. The number of nitrogens with one attached hydrogen (secondary N) is 1. The number of ether oxygens (including phenoxy) is 3. The lowest BCUT2D eigenvalue weighted by Crippen LogP contribution is -2.50. The van der Waals surface area contributed by atoms with Gasteiger partial charge in [0.1, 0.15) is 5.60 Å². The number of hydrogen-bond acceptors (Lipinski definition) is 4. The Morgan fingerprint density at radius 2 is 1.88 bits per heavy atom. The van der Waals surface area contributed by atoms with Gasteiger partial charge in [-0.05, 0) is 64.6 Å². The monoisotopic (exact) mass is 367 g/mol. The zero-order chi connectivity index (χ0) is 16.7. The van der Waals surface area contributed by atoms with Crippen LogP contribution in [-0.2, 0) is 4.74 Å². The molecule has 0 aliphatic carbocycles. The highest BCUT2D eigenvalue weighted by molar-refractivity contribution is 5.85. The van der Waals surface area contributed by atoms with Crippen molar-refractivity contribution in [3.05, 3.63) is 23.8 Å². The van der Waals surface area contributed by atoms with Gasteiger partial charge in [-0.25, -0.2) is 0 Å². The molecule has 3 aliphatic rings. The molecule has 5 heteroatoms. The third-order valence-electron chi connectivity index (χ3n) is 6.15. The summed E-state index contributed by atoms with van der Waals surface area (Å²) < 4.78 is 18.6. The highest BCUT2D eigenvalue weighted by Crippen LogP contribution is 2.54. The number of benzene rings is 1. The topological polar surface area (TPSA) is 39.7 Å². The Balaban J connectivity index is 0.00000182. The molecular weight excluding hydrogens is 338 g/mol. The standard InChI is InChI=1S/C20H29NO3.ClH/c1-20(2)15-7-8-16(13-9-11-21-12-10-13)23-18(15)14-5-4-6-17(22-3)19(14)24-20;/h4-6,13,15-16,18,21H,7-12H2,1-3H3;1H/t15-,16+,18+;/m0./s1. The van der Waals surface area contributed by atoms with Crippen LogP contribution >= 0.6 is 12.4 Å². The Hall–Kier alpha value is -0.970. The molecule has 0 radical (unpaired) electrons. The summed E-state index contributed by atoms with van der Waals surface area (Å²) in [6.07, 6.45) is 5.27. The molecule has 140 valence electrons. The summed E-state index contributed by atoms with van der Waals surface area (Å²) in [5.41, 5.74) is 0.933. The van der Waals surface area contributed by atoms with Crippen LogP contribution in [0.1, 0.15) is 51.2 Å². The molecule has 4 nitrogen and oxygen atoms in total. The Morgan fingerprint density at radius 3 is 2.60 bits per heavy atom. The van der Waals surface area contributed by atoms with Gasteiger partial charge in [-0.2, -0.15) is 0 Å². The van der Waals surface area contributed by atoms with Gasteiger partial charge < -0.3 is 19.5 Å². The van der Waals surface area contributed by atoms with Crippen LogP contribution in [0.5, 0.6) is 11.5 Å². The van der Waals surface area contributed by atoms with Crippen molar-refractivity contribution in [3.63, 3.8) is 0 Å². The van der Waals surface area contributed by atoms with E-state index in [-0.39, 0.29) is 24.1 Å². The van der Waals surface area contributed by atoms with Gasteiger partial charge in [-0.1, -0.05) is 12.1 Å². The zero-order valence-corrected chi connectivity index (χ0v) is 16.2. The summed E-state index contributed by atoms with van der Waals surface area (Å²) >= 11 is 0. The summed E-state index contributed by atoms with van der Waals surface area (Å²) in [7, 11) is 1.71. The van der Waals surface area contributed by atoms with Gasteiger partial charge in [0.05, 0.1) is 19.3 Å². The smallest absolute Gasteiger partial charge is 0.167 e. The van der Waals surface area contributed by atoms with Gasteiger partial charge in [0.2, 0.25) is 0 Å². The van der Waals surface area contributed by atoms with Crippen molar-refractivity contribution in [3.8, 4) is 11.5 Å². The Labute approximate surface area is 157 Å². The number of hydrogen-bond donors (Lipinski definition) is 1. The normalized spacial score (nSPS) is 31.1. The molecule has 2 fully saturated rings. The number of para-hydroxylation sites is 1. The van der Waals surface area contributed by atoms with Crippen LogP contribution in [0.4, 0.5) is 0 Å². The first-order chi connectivity index (χ1) is 11.6. The molecule has 0 amide bonds. The van der Waals surface area contributed by atoms with Crippen molar-refractivity contribution in [2.24, 2.45) is 11.8 Å². The lowest BCUT2D eigenvalue weighted by atomic mass is 9.73. The van der Waals surface area contributed by atoms with Crippen LogP contribution in [0.2, 0.25) is 0 Å². The van der Waals surface area contributed by atoms with E-state index in [1.807, 2.05) is 12.1 Å². The molecule has 0 bridgehead atoms. The Morgan fingerprint density at radius 1 is 1.12 bits per heavy atom. The summed E-state index contributed by atoms with van der Waals surface area (Å²) in [6, 6.07) is 6.17. The zero-order valence-electron chi connectivity index (χ0n) is 15.4. The first-order valence-electron chi connectivity index (χ1n) is 9.32. The van der Waals surface area contributed by atoms with E-state index in [9.17, 15) is 0 Å². The van der Waals surface area contributed by atoms with Crippen molar-refractivity contribution in [2.45, 2.75) is 57.3 Å². The van der Waals surface area contributed by atoms with Crippen LogP contribution in [0.3, 0.4) is 0 Å². The lowest BCUT2D eigenvalue weighted by Gasteiger charge is -2.50. The molecule has 3 heterocycles. The summed E-state index contributed by atoms with van der Waals surface area (Å²) in [6.45, 7) is 6.62. The predicted octanol–water partition coefficient (Wildman–Crippen LogP) is 4.12. The average molecular weight is 368 g/mol. The van der Waals surface area contributed by atoms with E-state index in [4.69, 9.17) is 14.2 Å². The summed E-state index contributed by atoms with van der Waals surface area (Å²) in [5.74, 6) is 2.77. The average Bonchev–Trinajstić information content (AvgIpc) is 2.61. The van der Waals surface area contributed by atoms with Gasteiger partial charge in [-0.15, -0.1) is 12.4 Å². The second kappa shape index (κ2) is 7.34. The van der Waals surface area contributed by atoms with Crippen LogP contribution in [0.15, 0.2) is 18.2 Å². The number of halogens is 1. The molecule has 3 aliphatic heterocycles. The van der Waals surface area contributed by atoms with Gasteiger partial charge in [0.15, 0.2) is 11.5 Å². The maximum Gasteiger partial charge on any atom is 0.167 e. The van der Waals surface area contributed by atoms with Crippen molar-refractivity contribution in [1.82, 2.24) is 5.32 Å². The number of methoxy groups -OCH3 is 1. The van der Waals surface area contributed by atoms with Gasteiger partial charge in [0.25, 0.3) is 0 Å². The minimum atomic E-state index is -0.231. The first-order valence-corrected chi connectivity index (χ1v) is 9.32. The molecule has 0 aromatic heterocycles. The second-order valence-electron chi connectivity index (χ2n) is 7.95. The first kappa shape index (κ1) is 18.8. The molecule has 1 aromatic carbocycles. The largest absolute Gasteiger partial charge is 0.493 e. The van der Waals surface area contributed by atoms with Gasteiger partial charge >= 0.3 is 0 Å². The fraction of sp³-hybridized carbons (Fsp3) is 0.700. The van der Waals surface area contributed by atoms with Crippen molar-refractivity contribution in [1.29, 1.82) is 0 Å². The lowest BCUT2D eigenvalue weighted by molar-refractivity contribution is -0.166. The van der Waals surface area contributed by atoms with Crippen molar-refractivity contribution in [2.75, 3.05) is 20.2 Å². The van der Waals surface area contributed by atoms with Crippen molar-refractivity contribution < 1.29 is 14.2 Å². The van der Waals surface area contributed by atoms with E-state index in [1.54, 1.807) is 7.11 Å². The fourth-order valence-corrected chi connectivity index (χ4v) is 4.78. The third-order valence-corrected chi connectivity index (χ3v) is 6.15. The maximum absolute atomic E-state index is 6.73. The van der Waals surface area contributed by atoms with E-state index >= 15 is 0 Å². The van der Waals surface area contributed by atoms with Crippen molar-refractivity contribution >= 4 is 12.4 Å². The van der Waals surface area contributed by atoms with Crippen LogP contribution in [0.25, 0.3) is 0 Å². The van der Waals surface area contributed by atoms with E-state index in [1.165, 1.54) is 19.3 Å². The summed E-state index contributed by atoms with van der Waals surface area (Å²) in [5, 5.41) is 3.46. The van der Waals surface area contributed by atoms with Crippen LogP contribution in [0, 0.1) is 11.8 Å². The Kier molecular flexibility index (Phi) is 5.52. The summed E-state index contributed by atoms with van der Waals surface area (Å²) in [4.78, 5) is 0. The van der Waals surface area contributed by atoms with Gasteiger partial charge in [0, 0.05) is 11.5 Å². The number of fused-ring (bicyclic) bond motifs is 3. The van der Waals surface area contributed by atoms with E-state index in [0.29, 0.717) is 17.9 Å². The van der Waals surface area contributed by atoms with Crippen LogP contribution in [-0.4, -0.2) is 31.9 Å². The molecule has 0 spiro atoms. The van der Waals surface area contributed by atoms with Gasteiger partial charge in [-0.3, -0.25) is 0 Å². The highest BCUT2D eigenvalue weighted by atomic mass is 35.5. The minimum Gasteiger partial charge on any atom is -0.493 e. The second-order valence-corrected chi connectivity index (χ2v) is 7.95. The molecule has 1 aromatic rings. The predicted molar refractivity (Wildman–Crippen MR) is 101 cm³/mol. The van der Waals surface area contributed by atoms with E-state index in [0.717, 1.165) is 36.6 Å². The van der Waals surface area contributed by atoms with E-state index < -0.39 is 0 Å². The molecule has 25 heavy (non-hydrogen) atoms. The fourth-order valence-electron chi connectivity index (χ4n) is 4.78. The SMILES string of the molecule is COc1cccc2c1OC(C)(C)[C@H]1CC[C@H](C3CCNCC3)O[C@H]21.Cl. The molecule has 0 saturated carbocycles. The quantitative estimate of drug-likeness (QED) is 0.853. The van der Waals surface area contributed by atoms with Crippen LogP contribution < -0.4 is 14.8 Å². The highest BCUT2D eigenvalue weighted by Gasteiger charge is 2.49. The number of rotatable bonds is 2.